The third-order valence-electron chi connectivity index (χ3n) is 2.32. The van der Waals surface area contributed by atoms with Crippen LogP contribution >= 0.6 is 11.3 Å². The molecule has 19 heavy (non-hydrogen) atoms. The Morgan fingerprint density at radius 3 is 2.47 bits per heavy atom. The average molecular weight is 297 g/mol. The predicted octanol–water partition coefficient (Wildman–Crippen LogP) is 1.78. The van der Waals surface area contributed by atoms with Gasteiger partial charge >= 0.3 is 5.97 Å². The van der Waals surface area contributed by atoms with E-state index in [2.05, 4.69) is 0 Å². The molecular weight excluding hydrogens is 286 g/mol. The quantitative estimate of drug-likeness (QED) is 0.881. The van der Waals surface area contributed by atoms with Crippen molar-refractivity contribution in [2.45, 2.75) is 4.21 Å². The molecular formula is C12H11NO4S2. The molecule has 1 aromatic carbocycles. The second-order valence-corrected chi connectivity index (χ2v) is 6.78. The topological polar surface area (TPSA) is 83.5 Å². The first-order valence-electron chi connectivity index (χ1n) is 5.36. The number of carboxylic acids is 1. The van der Waals surface area contributed by atoms with Gasteiger partial charge in [-0.2, -0.15) is 4.72 Å². The highest BCUT2D eigenvalue weighted by Crippen LogP contribution is 2.30. The van der Waals surface area contributed by atoms with Gasteiger partial charge in [0.1, 0.15) is 10.8 Å². The first-order valence-corrected chi connectivity index (χ1v) is 7.66. The number of sulfonamides is 1. The fourth-order valence-corrected chi connectivity index (χ4v) is 3.78. The largest absolute Gasteiger partial charge is 0.480 e. The van der Waals surface area contributed by atoms with E-state index in [1.807, 2.05) is 35.1 Å². The Hall–Kier alpha value is -1.70. The van der Waals surface area contributed by atoms with Gasteiger partial charge < -0.3 is 5.11 Å². The highest BCUT2D eigenvalue weighted by atomic mass is 32.2. The summed E-state index contributed by atoms with van der Waals surface area (Å²) in [5.41, 5.74) is 0.923. The van der Waals surface area contributed by atoms with E-state index in [0.717, 1.165) is 21.8 Å². The molecule has 0 spiro atoms. The minimum atomic E-state index is -3.75. The number of aliphatic carboxylic acids is 1. The lowest BCUT2D eigenvalue weighted by Crippen LogP contribution is -2.28. The van der Waals surface area contributed by atoms with Crippen molar-refractivity contribution >= 4 is 27.3 Å². The molecule has 0 saturated carbocycles. The summed E-state index contributed by atoms with van der Waals surface area (Å²) in [6.07, 6.45) is 0. The van der Waals surface area contributed by atoms with E-state index >= 15 is 0 Å². The van der Waals surface area contributed by atoms with Gasteiger partial charge in [0.15, 0.2) is 0 Å². The molecule has 5 nitrogen and oxygen atoms in total. The van der Waals surface area contributed by atoms with Crippen LogP contribution in [0.1, 0.15) is 0 Å². The minimum absolute atomic E-state index is 0.104. The second-order valence-electron chi connectivity index (χ2n) is 3.70. The van der Waals surface area contributed by atoms with E-state index in [-0.39, 0.29) is 4.21 Å². The molecule has 0 bridgehead atoms. The molecule has 0 aliphatic heterocycles. The average Bonchev–Trinajstić information content (AvgIpc) is 2.88. The number of carboxylic acid groups (broad SMARTS) is 1. The summed E-state index contributed by atoms with van der Waals surface area (Å²) in [6.45, 7) is -0.624. The van der Waals surface area contributed by atoms with Gasteiger partial charge in [-0.15, -0.1) is 11.3 Å². The summed E-state index contributed by atoms with van der Waals surface area (Å²) < 4.78 is 25.8. The summed E-state index contributed by atoms with van der Waals surface area (Å²) >= 11 is 1.10. The zero-order valence-corrected chi connectivity index (χ0v) is 11.4. The number of carbonyl (C=O) groups is 1. The van der Waals surface area contributed by atoms with Crippen LogP contribution in [0.5, 0.6) is 0 Å². The first-order chi connectivity index (χ1) is 8.99. The van der Waals surface area contributed by atoms with Gasteiger partial charge in [-0.1, -0.05) is 30.3 Å². The molecule has 0 atom stereocenters. The van der Waals surface area contributed by atoms with Gasteiger partial charge in [-0.3, -0.25) is 4.79 Å². The van der Waals surface area contributed by atoms with Crippen LogP contribution in [0.15, 0.2) is 46.7 Å². The van der Waals surface area contributed by atoms with Crippen molar-refractivity contribution in [3.8, 4) is 10.4 Å². The van der Waals surface area contributed by atoms with E-state index in [9.17, 15) is 13.2 Å². The molecule has 7 heteroatoms. The van der Waals surface area contributed by atoms with E-state index < -0.39 is 22.5 Å². The zero-order chi connectivity index (χ0) is 13.9. The SMILES string of the molecule is O=C(O)CNS(=O)(=O)c1ccc(-c2ccccc2)s1. The van der Waals surface area contributed by atoms with Crippen LogP contribution in [0, 0.1) is 0 Å². The molecule has 0 amide bonds. The Kier molecular flexibility index (Phi) is 3.98. The van der Waals surface area contributed by atoms with Gasteiger partial charge in [0.2, 0.25) is 0 Å². The number of benzene rings is 1. The van der Waals surface area contributed by atoms with Crippen LogP contribution in [0.4, 0.5) is 0 Å². The fraction of sp³-hybridized carbons (Fsp3) is 0.0833. The molecule has 0 saturated heterocycles. The maximum Gasteiger partial charge on any atom is 0.318 e. The Balaban J connectivity index is 2.24. The molecule has 0 aliphatic carbocycles. The Bertz CT molecular complexity index is 677. The third-order valence-corrected chi connectivity index (χ3v) is 5.35. The predicted molar refractivity (Wildman–Crippen MR) is 72.6 cm³/mol. The Labute approximate surface area is 114 Å². The summed E-state index contributed by atoms with van der Waals surface area (Å²) in [4.78, 5) is 11.2. The Morgan fingerprint density at radius 2 is 1.84 bits per heavy atom. The van der Waals surface area contributed by atoms with E-state index in [0.29, 0.717) is 0 Å². The maximum atomic E-state index is 11.8. The van der Waals surface area contributed by atoms with Crippen molar-refractivity contribution in [3.05, 3.63) is 42.5 Å². The summed E-state index contributed by atoms with van der Waals surface area (Å²) in [6, 6.07) is 12.5. The van der Waals surface area contributed by atoms with Crippen molar-refractivity contribution in [1.29, 1.82) is 0 Å². The van der Waals surface area contributed by atoms with Crippen LogP contribution in [-0.4, -0.2) is 26.0 Å². The Morgan fingerprint density at radius 1 is 1.16 bits per heavy atom. The lowest BCUT2D eigenvalue weighted by atomic mass is 10.2. The van der Waals surface area contributed by atoms with Crippen molar-refractivity contribution in [3.63, 3.8) is 0 Å². The summed E-state index contributed by atoms with van der Waals surface area (Å²) in [7, 11) is -3.75. The number of hydrogen-bond acceptors (Lipinski definition) is 4. The van der Waals surface area contributed by atoms with E-state index in [1.165, 1.54) is 6.07 Å². The molecule has 100 valence electrons. The number of rotatable bonds is 5. The smallest absolute Gasteiger partial charge is 0.318 e. The van der Waals surface area contributed by atoms with Crippen molar-refractivity contribution < 1.29 is 18.3 Å². The molecule has 0 fully saturated rings. The van der Waals surface area contributed by atoms with Crippen LogP contribution in [0.2, 0.25) is 0 Å². The standard InChI is InChI=1S/C12H11NO4S2/c14-11(15)8-13-19(16,17)12-7-6-10(18-12)9-4-2-1-3-5-9/h1-7,13H,8H2,(H,14,15). The molecule has 2 N–H and O–H groups in total. The summed E-state index contributed by atoms with van der Waals surface area (Å²) in [5, 5.41) is 8.48. The maximum absolute atomic E-state index is 11.8. The second kappa shape index (κ2) is 5.52. The van der Waals surface area contributed by atoms with Crippen LogP contribution in [0.25, 0.3) is 10.4 Å². The minimum Gasteiger partial charge on any atom is -0.480 e. The highest BCUT2D eigenvalue weighted by Gasteiger charge is 2.18. The number of nitrogens with one attached hydrogen (secondary N) is 1. The summed E-state index contributed by atoms with van der Waals surface area (Å²) in [5.74, 6) is -1.22. The molecule has 1 heterocycles. The molecule has 0 aliphatic rings. The lowest BCUT2D eigenvalue weighted by Gasteiger charge is -2.00. The fourth-order valence-electron chi connectivity index (χ4n) is 1.45. The van der Waals surface area contributed by atoms with Crippen molar-refractivity contribution in [2.75, 3.05) is 6.54 Å². The number of hydrogen-bond donors (Lipinski definition) is 2. The molecule has 0 radical (unpaired) electrons. The van der Waals surface area contributed by atoms with Gasteiger partial charge in [0.25, 0.3) is 10.0 Å². The van der Waals surface area contributed by atoms with E-state index in [4.69, 9.17) is 5.11 Å². The van der Waals surface area contributed by atoms with Crippen LogP contribution < -0.4 is 4.72 Å². The highest BCUT2D eigenvalue weighted by molar-refractivity contribution is 7.91. The van der Waals surface area contributed by atoms with Crippen molar-refractivity contribution in [2.24, 2.45) is 0 Å². The molecule has 2 rings (SSSR count). The van der Waals surface area contributed by atoms with Crippen LogP contribution in [-0.2, 0) is 14.8 Å². The third kappa shape index (κ3) is 3.40. The normalized spacial score (nSPS) is 11.4. The molecule has 2 aromatic rings. The van der Waals surface area contributed by atoms with E-state index in [1.54, 1.807) is 6.07 Å². The van der Waals surface area contributed by atoms with Gasteiger partial charge in [-0.05, 0) is 17.7 Å². The van der Waals surface area contributed by atoms with Gasteiger partial charge in [0, 0.05) is 4.88 Å². The van der Waals surface area contributed by atoms with Gasteiger partial charge in [-0.25, -0.2) is 8.42 Å². The molecule has 0 unspecified atom stereocenters. The van der Waals surface area contributed by atoms with Crippen molar-refractivity contribution in [1.82, 2.24) is 4.72 Å². The van der Waals surface area contributed by atoms with Gasteiger partial charge in [0.05, 0.1) is 0 Å². The monoisotopic (exact) mass is 297 g/mol. The molecule has 1 aromatic heterocycles. The lowest BCUT2D eigenvalue weighted by molar-refractivity contribution is -0.135. The zero-order valence-electron chi connectivity index (χ0n) is 9.74. The van der Waals surface area contributed by atoms with Crippen LogP contribution in [0.3, 0.4) is 0 Å². The number of thiophene rings is 1. The first kappa shape index (κ1) is 13.7.